The van der Waals surface area contributed by atoms with E-state index in [1.54, 1.807) is 0 Å². The summed E-state index contributed by atoms with van der Waals surface area (Å²) >= 11 is 0. The number of rotatable bonds is 7. The average molecular weight is 778 g/mol. The van der Waals surface area contributed by atoms with Gasteiger partial charge in [0.1, 0.15) is 0 Å². The fraction of sp³-hybridized carbons (Fsp3) is 0.220. The SMILES string of the molecule is CC(C)(C)c1ccc(-c2ccccc2)c(N(c2cccc(-c3cccc4c3C(C)(C)c3ccccc3-4)c2)c2ccccc2-c2cccc3cccc(C4CCCCC4)c23)c1. The molecule has 0 radical (unpaired) electrons. The van der Waals surface area contributed by atoms with Gasteiger partial charge >= 0.3 is 0 Å². The molecule has 0 N–H and O–H groups in total. The van der Waals surface area contributed by atoms with Crippen molar-refractivity contribution in [2.75, 3.05) is 4.90 Å². The normalized spacial score (nSPS) is 14.8. The Morgan fingerprint density at radius 1 is 0.483 bits per heavy atom. The zero-order valence-corrected chi connectivity index (χ0v) is 35.8. The van der Waals surface area contributed by atoms with E-state index in [0.717, 1.165) is 5.69 Å². The number of anilines is 3. The smallest absolute Gasteiger partial charge is 0.0543 e. The zero-order valence-electron chi connectivity index (χ0n) is 35.8. The number of hydrogen-bond acceptors (Lipinski definition) is 1. The van der Waals surface area contributed by atoms with Gasteiger partial charge < -0.3 is 4.90 Å². The molecular weight excluding hydrogens is 723 g/mol. The van der Waals surface area contributed by atoms with Gasteiger partial charge in [-0.15, -0.1) is 0 Å². The van der Waals surface area contributed by atoms with Gasteiger partial charge in [0.15, 0.2) is 0 Å². The molecule has 0 unspecified atom stereocenters. The van der Waals surface area contributed by atoms with Crippen molar-refractivity contribution < 1.29 is 0 Å². The Morgan fingerprint density at radius 2 is 1.12 bits per heavy atom. The van der Waals surface area contributed by atoms with Crippen LogP contribution in [0, 0.1) is 0 Å². The second kappa shape index (κ2) is 15.1. The molecule has 0 saturated heterocycles. The summed E-state index contributed by atoms with van der Waals surface area (Å²) in [4.78, 5) is 2.57. The lowest BCUT2D eigenvalue weighted by Crippen LogP contribution is -2.17. The summed E-state index contributed by atoms with van der Waals surface area (Å²) in [6.45, 7) is 11.8. The quantitative estimate of drug-likeness (QED) is 0.156. The lowest BCUT2D eigenvalue weighted by atomic mass is 9.79. The molecule has 0 atom stereocenters. The highest BCUT2D eigenvalue weighted by Gasteiger charge is 2.37. The Bertz CT molecular complexity index is 2860. The molecule has 10 rings (SSSR count). The monoisotopic (exact) mass is 777 g/mol. The van der Waals surface area contributed by atoms with Crippen molar-refractivity contribution in [1.82, 2.24) is 0 Å². The average Bonchev–Trinajstić information content (AvgIpc) is 3.52. The molecule has 0 aliphatic heterocycles. The third-order valence-corrected chi connectivity index (χ3v) is 13.6. The van der Waals surface area contributed by atoms with Crippen LogP contribution in [-0.2, 0) is 10.8 Å². The van der Waals surface area contributed by atoms with E-state index in [2.05, 4.69) is 215 Å². The summed E-state index contributed by atoms with van der Waals surface area (Å²) in [5, 5.41) is 2.72. The van der Waals surface area contributed by atoms with Crippen LogP contribution >= 0.6 is 0 Å². The van der Waals surface area contributed by atoms with Gasteiger partial charge in [0.05, 0.1) is 11.4 Å². The number of benzene rings is 8. The topological polar surface area (TPSA) is 3.24 Å². The Hall–Kier alpha value is -6.18. The van der Waals surface area contributed by atoms with Crippen molar-refractivity contribution in [2.45, 2.75) is 83.5 Å². The van der Waals surface area contributed by atoms with E-state index in [0.29, 0.717) is 5.92 Å². The fourth-order valence-corrected chi connectivity index (χ4v) is 10.6. The van der Waals surface area contributed by atoms with Crippen LogP contribution in [0.3, 0.4) is 0 Å². The van der Waals surface area contributed by atoms with Gasteiger partial charge in [0.25, 0.3) is 0 Å². The van der Waals surface area contributed by atoms with Crippen molar-refractivity contribution in [3.63, 3.8) is 0 Å². The Kier molecular flexibility index (Phi) is 9.60. The maximum Gasteiger partial charge on any atom is 0.0543 e. The third-order valence-electron chi connectivity index (χ3n) is 13.6. The zero-order chi connectivity index (χ0) is 41.0. The number of fused-ring (bicyclic) bond motifs is 4. The summed E-state index contributed by atoms with van der Waals surface area (Å²) in [7, 11) is 0. The first kappa shape index (κ1) is 38.0. The summed E-state index contributed by atoms with van der Waals surface area (Å²) in [5.74, 6) is 0.583. The van der Waals surface area contributed by atoms with Crippen LogP contribution in [0.2, 0.25) is 0 Å². The largest absolute Gasteiger partial charge is 0.309 e. The van der Waals surface area contributed by atoms with Crippen LogP contribution in [-0.4, -0.2) is 0 Å². The van der Waals surface area contributed by atoms with Crippen molar-refractivity contribution in [3.05, 3.63) is 198 Å². The molecule has 8 aromatic rings. The summed E-state index contributed by atoms with van der Waals surface area (Å²) in [5.41, 5.74) is 19.1. The molecule has 0 amide bonds. The molecule has 0 aromatic heterocycles. The Balaban J connectivity index is 1.24. The molecular formula is C59H55N. The van der Waals surface area contributed by atoms with E-state index >= 15 is 0 Å². The van der Waals surface area contributed by atoms with Gasteiger partial charge in [-0.1, -0.05) is 206 Å². The van der Waals surface area contributed by atoms with E-state index in [1.165, 1.54) is 121 Å². The molecule has 0 bridgehead atoms. The van der Waals surface area contributed by atoms with Crippen molar-refractivity contribution in [1.29, 1.82) is 0 Å². The molecule has 2 aliphatic rings. The first-order valence-electron chi connectivity index (χ1n) is 22.1. The van der Waals surface area contributed by atoms with E-state index < -0.39 is 0 Å². The number of nitrogens with zero attached hydrogens (tertiary/aromatic N) is 1. The van der Waals surface area contributed by atoms with Crippen LogP contribution in [0.1, 0.15) is 94.9 Å². The molecule has 2 aliphatic carbocycles. The number of hydrogen-bond donors (Lipinski definition) is 0. The van der Waals surface area contributed by atoms with E-state index in [4.69, 9.17) is 0 Å². The van der Waals surface area contributed by atoms with Gasteiger partial charge in [0, 0.05) is 22.2 Å². The fourth-order valence-electron chi connectivity index (χ4n) is 10.6. The predicted octanol–water partition coefficient (Wildman–Crippen LogP) is 17.0. The maximum absolute atomic E-state index is 2.57. The van der Waals surface area contributed by atoms with Crippen LogP contribution in [0.4, 0.5) is 17.1 Å². The highest BCUT2D eigenvalue weighted by Crippen LogP contribution is 2.53. The van der Waals surface area contributed by atoms with Crippen LogP contribution in [0.5, 0.6) is 0 Å². The molecule has 1 heteroatoms. The maximum atomic E-state index is 2.57. The van der Waals surface area contributed by atoms with Crippen molar-refractivity contribution in [2.24, 2.45) is 0 Å². The Labute approximate surface area is 357 Å². The van der Waals surface area contributed by atoms with Gasteiger partial charge in [-0.2, -0.15) is 0 Å². The summed E-state index contributed by atoms with van der Waals surface area (Å²) in [6, 6.07) is 66.4. The van der Waals surface area contributed by atoms with Crippen molar-refractivity contribution in [3.8, 4) is 44.5 Å². The van der Waals surface area contributed by atoms with Crippen LogP contribution in [0.25, 0.3) is 55.3 Å². The minimum atomic E-state index is -0.128. The molecule has 0 spiro atoms. The Morgan fingerprint density at radius 3 is 1.92 bits per heavy atom. The summed E-state index contributed by atoms with van der Waals surface area (Å²) in [6.07, 6.45) is 6.49. The minimum Gasteiger partial charge on any atom is -0.309 e. The highest BCUT2D eigenvalue weighted by molar-refractivity contribution is 6.04. The van der Waals surface area contributed by atoms with Gasteiger partial charge in [-0.05, 0) is 115 Å². The second-order valence-electron chi connectivity index (χ2n) is 18.7. The lowest BCUT2D eigenvalue weighted by molar-refractivity contribution is 0.445. The third kappa shape index (κ3) is 6.56. The second-order valence-corrected chi connectivity index (χ2v) is 18.7. The predicted molar refractivity (Wildman–Crippen MR) is 257 cm³/mol. The summed E-state index contributed by atoms with van der Waals surface area (Å²) < 4.78 is 0. The van der Waals surface area contributed by atoms with Gasteiger partial charge in [-0.25, -0.2) is 0 Å². The highest BCUT2D eigenvalue weighted by atomic mass is 15.1. The molecule has 8 aromatic carbocycles. The van der Waals surface area contributed by atoms with Crippen molar-refractivity contribution >= 4 is 27.8 Å². The van der Waals surface area contributed by atoms with Crippen LogP contribution < -0.4 is 4.90 Å². The number of para-hydroxylation sites is 1. The molecule has 60 heavy (non-hydrogen) atoms. The molecule has 1 saturated carbocycles. The molecule has 1 nitrogen and oxygen atoms in total. The molecule has 296 valence electrons. The van der Waals surface area contributed by atoms with E-state index in [-0.39, 0.29) is 10.8 Å². The molecule has 1 fully saturated rings. The first-order valence-corrected chi connectivity index (χ1v) is 22.1. The standard InChI is InChI=1S/C59H55N/c1-58(2,3)44-36-37-46(40-20-8-6-9-21-40)55(39-44)60(45-27-16-26-43(38-45)48-31-19-33-52-49-28-12-14-34-53(49)59(4,5)57(48)52)54-35-15-13-29-50(54)51-32-18-25-42-24-17-30-47(56(42)51)41-22-10-7-11-23-41/h6,8-9,12-21,24-39,41H,7,10-11,22-23H2,1-5H3. The molecule has 0 heterocycles. The van der Waals surface area contributed by atoms with E-state index in [1.807, 2.05) is 0 Å². The van der Waals surface area contributed by atoms with Gasteiger partial charge in [-0.3, -0.25) is 0 Å². The first-order chi connectivity index (χ1) is 29.2. The van der Waals surface area contributed by atoms with Gasteiger partial charge in [0.2, 0.25) is 0 Å². The van der Waals surface area contributed by atoms with E-state index in [9.17, 15) is 0 Å². The van der Waals surface area contributed by atoms with Crippen LogP contribution in [0.15, 0.2) is 176 Å². The minimum absolute atomic E-state index is 0.0489. The lowest BCUT2D eigenvalue weighted by Gasteiger charge is -2.32.